The van der Waals surface area contributed by atoms with E-state index in [1.165, 1.54) is 11.3 Å². The smallest absolute Gasteiger partial charge is 0.374 e. The molecule has 0 amide bonds. The third-order valence-electron chi connectivity index (χ3n) is 3.29. The van der Waals surface area contributed by atoms with Gasteiger partial charge in [0.15, 0.2) is 0 Å². The van der Waals surface area contributed by atoms with Crippen molar-refractivity contribution in [3.63, 3.8) is 0 Å². The predicted molar refractivity (Wildman–Crippen MR) is 88.2 cm³/mol. The van der Waals surface area contributed by atoms with Crippen molar-refractivity contribution >= 4 is 27.5 Å². The maximum absolute atomic E-state index is 12.4. The number of aromatic nitrogens is 2. The van der Waals surface area contributed by atoms with Gasteiger partial charge in [-0.1, -0.05) is 12.1 Å². The van der Waals surface area contributed by atoms with Crippen molar-refractivity contribution in [3.05, 3.63) is 45.8 Å². The van der Waals surface area contributed by atoms with Gasteiger partial charge in [-0.15, -0.1) is 11.3 Å². The fourth-order valence-corrected chi connectivity index (χ4v) is 3.20. The standard InChI is InChI=1S/C16H14N2O4S/c1-3-22-16(20)13-17-14(19)12-11(8-23-15(12)18-13)9-5-4-6-10(7-9)21-2/h4-8H,3H2,1-2H3,(H,17,18,19). The number of hydrogen-bond acceptors (Lipinski definition) is 6. The molecule has 0 radical (unpaired) electrons. The number of carbonyl (C=O) groups excluding carboxylic acids is 1. The highest BCUT2D eigenvalue weighted by molar-refractivity contribution is 7.17. The summed E-state index contributed by atoms with van der Waals surface area (Å²) in [6, 6.07) is 7.43. The number of thiophene rings is 1. The number of esters is 1. The summed E-state index contributed by atoms with van der Waals surface area (Å²) in [6.45, 7) is 1.92. The second kappa shape index (κ2) is 6.21. The number of nitrogens with one attached hydrogen (secondary N) is 1. The van der Waals surface area contributed by atoms with Gasteiger partial charge in [0.1, 0.15) is 10.6 Å². The molecule has 23 heavy (non-hydrogen) atoms. The average Bonchev–Trinajstić information content (AvgIpc) is 2.99. The van der Waals surface area contributed by atoms with Crippen LogP contribution in [-0.4, -0.2) is 29.7 Å². The van der Waals surface area contributed by atoms with Crippen LogP contribution in [-0.2, 0) is 4.74 Å². The van der Waals surface area contributed by atoms with Crippen LogP contribution in [0.5, 0.6) is 5.75 Å². The highest BCUT2D eigenvalue weighted by Crippen LogP contribution is 2.32. The van der Waals surface area contributed by atoms with Crippen LogP contribution in [0.2, 0.25) is 0 Å². The molecule has 2 aromatic heterocycles. The van der Waals surface area contributed by atoms with Crippen molar-refractivity contribution in [3.8, 4) is 16.9 Å². The maximum Gasteiger partial charge on any atom is 0.374 e. The first kappa shape index (κ1) is 15.2. The minimum absolute atomic E-state index is 0.0802. The third-order valence-corrected chi connectivity index (χ3v) is 4.17. The Morgan fingerprint density at radius 3 is 2.96 bits per heavy atom. The number of fused-ring (bicyclic) bond motifs is 1. The number of benzene rings is 1. The summed E-state index contributed by atoms with van der Waals surface area (Å²) < 4.78 is 10.1. The van der Waals surface area contributed by atoms with Gasteiger partial charge >= 0.3 is 5.97 Å². The number of rotatable bonds is 4. The maximum atomic E-state index is 12.4. The summed E-state index contributed by atoms with van der Waals surface area (Å²) in [5.74, 6) is -0.0133. The third kappa shape index (κ3) is 2.83. The van der Waals surface area contributed by atoms with Gasteiger partial charge in [0.05, 0.1) is 19.1 Å². The molecule has 0 aliphatic carbocycles. The van der Waals surface area contributed by atoms with Gasteiger partial charge in [0.25, 0.3) is 5.56 Å². The highest BCUT2D eigenvalue weighted by Gasteiger charge is 2.17. The van der Waals surface area contributed by atoms with E-state index < -0.39 is 5.97 Å². The van der Waals surface area contributed by atoms with E-state index in [4.69, 9.17) is 9.47 Å². The Morgan fingerprint density at radius 1 is 1.39 bits per heavy atom. The van der Waals surface area contributed by atoms with Crippen LogP contribution >= 0.6 is 11.3 Å². The first-order chi connectivity index (χ1) is 11.1. The van der Waals surface area contributed by atoms with Gasteiger partial charge < -0.3 is 14.5 Å². The molecule has 7 heteroatoms. The molecule has 1 N–H and O–H groups in total. The monoisotopic (exact) mass is 330 g/mol. The minimum atomic E-state index is -0.636. The number of hydrogen-bond donors (Lipinski definition) is 1. The van der Waals surface area contributed by atoms with E-state index >= 15 is 0 Å². The molecule has 0 atom stereocenters. The molecule has 3 aromatic rings. The second-order valence-electron chi connectivity index (χ2n) is 4.70. The van der Waals surface area contributed by atoms with Gasteiger partial charge in [0, 0.05) is 10.9 Å². The van der Waals surface area contributed by atoms with Crippen LogP contribution in [0.3, 0.4) is 0 Å². The topological polar surface area (TPSA) is 81.3 Å². The van der Waals surface area contributed by atoms with Crippen molar-refractivity contribution in [1.29, 1.82) is 0 Å². The van der Waals surface area contributed by atoms with E-state index in [2.05, 4.69) is 9.97 Å². The van der Waals surface area contributed by atoms with Crippen LogP contribution in [0.15, 0.2) is 34.4 Å². The van der Waals surface area contributed by atoms with Crippen molar-refractivity contribution in [2.45, 2.75) is 6.92 Å². The SMILES string of the molecule is CCOC(=O)c1nc2scc(-c3cccc(OC)c3)c2c(=O)[nH]1. The zero-order chi connectivity index (χ0) is 16.4. The predicted octanol–water partition coefficient (Wildman–Crippen LogP) is 2.84. The Hall–Kier alpha value is -2.67. The minimum Gasteiger partial charge on any atom is -0.497 e. The number of H-pyrrole nitrogens is 1. The number of aromatic amines is 1. The fraction of sp³-hybridized carbons (Fsp3) is 0.188. The molecule has 0 saturated carbocycles. The van der Waals surface area contributed by atoms with Crippen molar-refractivity contribution in [1.82, 2.24) is 9.97 Å². The molecule has 0 spiro atoms. The van der Waals surface area contributed by atoms with Gasteiger partial charge in [-0.25, -0.2) is 9.78 Å². The molecule has 0 saturated heterocycles. The van der Waals surface area contributed by atoms with Crippen molar-refractivity contribution < 1.29 is 14.3 Å². The van der Waals surface area contributed by atoms with E-state index in [1.807, 2.05) is 29.6 Å². The quantitative estimate of drug-likeness (QED) is 0.744. The first-order valence-electron chi connectivity index (χ1n) is 6.97. The lowest BCUT2D eigenvalue weighted by atomic mass is 10.1. The lowest BCUT2D eigenvalue weighted by Gasteiger charge is -2.04. The van der Waals surface area contributed by atoms with Gasteiger partial charge in [-0.3, -0.25) is 4.79 Å². The van der Waals surface area contributed by atoms with Gasteiger partial charge in [-0.05, 0) is 24.6 Å². The molecule has 0 aliphatic rings. The molecule has 6 nitrogen and oxygen atoms in total. The normalized spacial score (nSPS) is 10.7. The Bertz CT molecular complexity index is 929. The highest BCUT2D eigenvalue weighted by atomic mass is 32.1. The van der Waals surface area contributed by atoms with Crippen LogP contribution in [0.25, 0.3) is 21.3 Å². The van der Waals surface area contributed by atoms with E-state index in [9.17, 15) is 9.59 Å². The summed E-state index contributed by atoms with van der Waals surface area (Å²) in [5, 5.41) is 2.30. The number of ether oxygens (including phenoxy) is 2. The number of carbonyl (C=O) groups is 1. The molecular formula is C16H14N2O4S. The Balaban J connectivity index is 2.14. The first-order valence-corrected chi connectivity index (χ1v) is 7.85. The molecular weight excluding hydrogens is 316 g/mol. The van der Waals surface area contributed by atoms with Crippen LogP contribution in [0, 0.1) is 0 Å². The molecule has 2 heterocycles. The largest absolute Gasteiger partial charge is 0.497 e. The van der Waals surface area contributed by atoms with E-state index in [-0.39, 0.29) is 18.0 Å². The number of methoxy groups -OCH3 is 1. The lowest BCUT2D eigenvalue weighted by molar-refractivity contribution is 0.0512. The van der Waals surface area contributed by atoms with Crippen LogP contribution in [0.4, 0.5) is 0 Å². The average molecular weight is 330 g/mol. The van der Waals surface area contributed by atoms with Crippen molar-refractivity contribution in [2.75, 3.05) is 13.7 Å². The lowest BCUT2D eigenvalue weighted by Crippen LogP contribution is -2.17. The second-order valence-corrected chi connectivity index (χ2v) is 5.55. The summed E-state index contributed by atoms with van der Waals surface area (Å²) in [6.07, 6.45) is 0. The molecule has 1 aromatic carbocycles. The summed E-state index contributed by atoms with van der Waals surface area (Å²) in [7, 11) is 1.59. The molecule has 3 rings (SSSR count). The Labute approximate surface area is 135 Å². The number of nitrogens with zero attached hydrogens (tertiary/aromatic N) is 1. The molecule has 0 aliphatic heterocycles. The van der Waals surface area contributed by atoms with Crippen LogP contribution < -0.4 is 10.3 Å². The van der Waals surface area contributed by atoms with Gasteiger partial charge in [-0.2, -0.15) is 0 Å². The van der Waals surface area contributed by atoms with Crippen LogP contribution in [0.1, 0.15) is 17.5 Å². The summed E-state index contributed by atoms with van der Waals surface area (Å²) in [4.78, 5) is 31.3. The van der Waals surface area contributed by atoms with E-state index in [0.717, 1.165) is 11.1 Å². The molecule has 0 bridgehead atoms. The summed E-state index contributed by atoms with van der Waals surface area (Å²) in [5.41, 5.74) is 1.25. The zero-order valence-electron chi connectivity index (χ0n) is 12.6. The Kier molecular flexibility index (Phi) is 4.12. The molecule has 0 fully saturated rings. The van der Waals surface area contributed by atoms with Crippen molar-refractivity contribution in [2.24, 2.45) is 0 Å². The van der Waals surface area contributed by atoms with Gasteiger partial charge in [0.2, 0.25) is 5.82 Å². The molecule has 0 unspecified atom stereocenters. The summed E-state index contributed by atoms with van der Waals surface area (Å²) >= 11 is 1.31. The fourth-order valence-electron chi connectivity index (χ4n) is 2.25. The van der Waals surface area contributed by atoms with E-state index in [0.29, 0.717) is 16.0 Å². The zero-order valence-corrected chi connectivity index (χ0v) is 13.4. The molecule has 118 valence electrons. The Morgan fingerprint density at radius 2 is 2.22 bits per heavy atom. The van der Waals surface area contributed by atoms with E-state index in [1.54, 1.807) is 14.0 Å².